The quantitative estimate of drug-likeness (QED) is 0.865. The van der Waals surface area contributed by atoms with Crippen molar-refractivity contribution in [2.24, 2.45) is 5.92 Å². The van der Waals surface area contributed by atoms with Gasteiger partial charge in [-0.15, -0.1) is 11.3 Å². The molecule has 1 N–H and O–H groups in total. The minimum Gasteiger partial charge on any atom is -0.352 e. The van der Waals surface area contributed by atoms with E-state index in [1.54, 1.807) is 11.3 Å². The van der Waals surface area contributed by atoms with E-state index in [0.717, 1.165) is 55.8 Å². The first-order valence-electron chi connectivity index (χ1n) is 9.07. The highest BCUT2D eigenvalue weighted by molar-refractivity contribution is 7.16. The largest absolute Gasteiger partial charge is 0.352 e. The lowest BCUT2D eigenvalue weighted by molar-refractivity contribution is -0.123. The van der Waals surface area contributed by atoms with E-state index < -0.39 is 0 Å². The number of thiophene rings is 1. The second-order valence-electron chi connectivity index (χ2n) is 7.28. The van der Waals surface area contributed by atoms with Gasteiger partial charge in [-0.05, 0) is 43.7 Å². The van der Waals surface area contributed by atoms with Gasteiger partial charge in [0.15, 0.2) is 0 Å². The number of nitrogens with zero attached hydrogens (tertiary/aromatic N) is 2. The maximum Gasteiger partial charge on any atom is 0.234 e. The van der Waals surface area contributed by atoms with Crippen molar-refractivity contribution in [2.45, 2.75) is 45.2 Å². The van der Waals surface area contributed by atoms with E-state index in [2.05, 4.69) is 28.1 Å². The minimum atomic E-state index is 0.202. The molecule has 1 aliphatic carbocycles. The van der Waals surface area contributed by atoms with Crippen molar-refractivity contribution in [3.05, 3.63) is 21.3 Å². The summed E-state index contributed by atoms with van der Waals surface area (Å²) in [4.78, 5) is 18.3. The third kappa shape index (κ3) is 5.45. The maximum atomic E-state index is 12.3. The normalized spacial score (nSPS) is 26.4. The molecular formula is C18H28ClN3OS. The third-order valence-corrected chi connectivity index (χ3v) is 6.44. The lowest BCUT2D eigenvalue weighted by Gasteiger charge is -2.34. The van der Waals surface area contributed by atoms with Crippen molar-refractivity contribution in [3.63, 3.8) is 0 Å². The second-order valence-corrected chi connectivity index (χ2v) is 9.08. The third-order valence-electron chi connectivity index (χ3n) is 5.22. The molecule has 2 heterocycles. The number of halogens is 1. The first-order valence-corrected chi connectivity index (χ1v) is 10.3. The summed E-state index contributed by atoms with van der Waals surface area (Å²) >= 11 is 7.65. The summed E-state index contributed by atoms with van der Waals surface area (Å²) in [6.45, 7) is 7.79. The Labute approximate surface area is 154 Å². The Hall–Kier alpha value is -0.620. The number of hydrogen-bond acceptors (Lipinski definition) is 4. The molecule has 0 bridgehead atoms. The summed E-state index contributed by atoms with van der Waals surface area (Å²) in [6.07, 6.45) is 4.78. The molecule has 4 nitrogen and oxygen atoms in total. The van der Waals surface area contributed by atoms with Crippen LogP contribution in [0.4, 0.5) is 0 Å². The van der Waals surface area contributed by atoms with Gasteiger partial charge in [-0.3, -0.25) is 14.6 Å². The van der Waals surface area contributed by atoms with Crippen molar-refractivity contribution >= 4 is 28.8 Å². The molecule has 6 heteroatoms. The summed E-state index contributed by atoms with van der Waals surface area (Å²) in [5.74, 6) is 1.03. The molecule has 1 aromatic heterocycles. The van der Waals surface area contributed by atoms with Gasteiger partial charge < -0.3 is 5.32 Å². The summed E-state index contributed by atoms with van der Waals surface area (Å²) in [5.41, 5.74) is 0. The number of carbonyl (C=O) groups excluding carboxylic acids is 1. The van der Waals surface area contributed by atoms with Crippen LogP contribution < -0.4 is 5.32 Å². The molecule has 1 saturated heterocycles. The van der Waals surface area contributed by atoms with Crippen molar-refractivity contribution in [1.29, 1.82) is 0 Å². The van der Waals surface area contributed by atoms with Gasteiger partial charge in [0.2, 0.25) is 5.91 Å². The number of carbonyl (C=O) groups is 1. The first-order chi connectivity index (χ1) is 11.6. The summed E-state index contributed by atoms with van der Waals surface area (Å²) in [7, 11) is 0. The zero-order chi connectivity index (χ0) is 16.9. The van der Waals surface area contributed by atoms with E-state index >= 15 is 0 Å². The maximum absolute atomic E-state index is 12.3. The van der Waals surface area contributed by atoms with Gasteiger partial charge in [-0.1, -0.05) is 18.5 Å². The first kappa shape index (κ1) is 18.2. The van der Waals surface area contributed by atoms with Gasteiger partial charge in [0.25, 0.3) is 0 Å². The van der Waals surface area contributed by atoms with E-state index in [1.807, 2.05) is 6.07 Å². The number of piperazine rings is 1. The molecule has 0 spiro atoms. The summed E-state index contributed by atoms with van der Waals surface area (Å²) in [6, 6.07) is 4.48. The fourth-order valence-corrected chi connectivity index (χ4v) is 4.77. The molecule has 0 radical (unpaired) electrons. The molecule has 2 aliphatic rings. The average molecular weight is 370 g/mol. The molecule has 1 aromatic rings. The molecular weight excluding hydrogens is 342 g/mol. The predicted molar refractivity (Wildman–Crippen MR) is 101 cm³/mol. The van der Waals surface area contributed by atoms with Gasteiger partial charge in [-0.25, -0.2) is 0 Å². The Morgan fingerprint density at radius 2 is 1.83 bits per heavy atom. The average Bonchev–Trinajstić information content (AvgIpc) is 2.96. The van der Waals surface area contributed by atoms with Crippen molar-refractivity contribution < 1.29 is 4.79 Å². The molecule has 24 heavy (non-hydrogen) atoms. The smallest absolute Gasteiger partial charge is 0.234 e. The molecule has 0 aromatic carbocycles. The molecule has 0 atom stereocenters. The van der Waals surface area contributed by atoms with E-state index in [1.165, 1.54) is 17.7 Å². The molecule has 134 valence electrons. The zero-order valence-corrected chi connectivity index (χ0v) is 16.0. The van der Waals surface area contributed by atoms with Crippen LogP contribution in [0.15, 0.2) is 12.1 Å². The van der Waals surface area contributed by atoms with Gasteiger partial charge in [-0.2, -0.15) is 0 Å². The second kappa shape index (κ2) is 8.65. The minimum absolute atomic E-state index is 0.202. The van der Waals surface area contributed by atoms with Crippen LogP contribution in [0.1, 0.15) is 37.5 Å². The standard InChI is InChI=1S/C18H28ClN3OS/c1-14-2-4-15(5-3-14)20-18(23)13-22-10-8-21(9-11-22)12-16-6-7-17(19)24-16/h6-7,14-15H,2-5,8-13H2,1H3,(H,20,23). The number of hydrogen-bond donors (Lipinski definition) is 1. The molecule has 2 fully saturated rings. The monoisotopic (exact) mass is 369 g/mol. The van der Waals surface area contributed by atoms with Crippen molar-refractivity contribution in [2.75, 3.05) is 32.7 Å². The summed E-state index contributed by atoms with van der Waals surface area (Å²) < 4.78 is 0.859. The number of amides is 1. The van der Waals surface area contributed by atoms with Gasteiger partial charge >= 0.3 is 0 Å². The van der Waals surface area contributed by atoms with Crippen LogP contribution in [0.5, 0.6) is 0 Å². The highest BCUT2D eigenvalue weighted by Gasteiger charge is 2.22. The Bertz CT molecular complexity index is 534. The van der Waals surface area contributed by atoms with Crippen LogP contribution in [0, 0.1) is 5.92 Å². The number of nitrogens with one attached hydrogen (secondary N) is 1. The Balaban J connectivity index is 1.35. The van der Waals surface area contributed by atoms with E-state index in [-0.39, 0.29) is 5.91 Å². The van der Waals surface area contributed by atoms with E-state index in [0.29, 0.717) is 12.6 Å². The van der Waals surface area contributed by atoms with Crippen LogP contribution >= 0.6 is 22.9 Å². The van der Waals surface area contributed by atoms with Gasteiger partial charge in [0.1, 0.15) is 0 Å². The Morgan fingerprint density at radius 3 is 2.46 bits per heavy atom. The molecule has 3 rings (SSSR count). The SMILES string of the molecule is CC1CCC(NC(=O)CN2CCN(Cc3ccc(Cl)s3)CC2)CC1. The lowest BCUT2D eigenvalue weighted by atomic mass is 9.87. The predicted octanol–water partition coefficient (Wildman–Crippen LogP) is 3.21. The topological polar surface area (TPSA) is 35.6 Å². The highest BCUT2D eigenvalue weighted by Crippen LogP contribution is 2.24. The molecule has 1 saturated carbocycles. The van der Waals surface area contributed by atoms with E-state index in [4.69, 9.17) is 11.6 Å². The van der Waals surface area contributed by atoms with Crippen molar-refractivity contribution in [1.82, 2.24) is 15.1 Å². The van der Waals surface area contributed by atoms with Crippen molar-refractivity contribution in [3.8, 4) is 0 Å². The fourth-order valence-electron chi connectivity index (χ4n) is 3.64. The van der Waals surface area contributed by atoms with Gasteiger partial charge in [0, 0.05) is 43.6 Å². The van der Waals surface area contributed by atoms with Crippen LogP contribution in [0.25, 0.3) is 0 Å². The highest BCUT2D eigenvalue weighted by atomic mass is 35.5. The Morgan fingerprint density at radius 1 is 1.17 bits per heavy atom. The van der Waals surface area contributed by atoms with Crippen LogP contribution in [-0.4, -0.2) is 54.5 Å². The number of rotatable bonds is 5. The molecule has 0 unspecified atom stereocenters. The molecule has 1 aliphatic heterocycles. The van der Waals surface area contributed by atoms with Crippen LogP contribution in [-0.2, 0) is 11.3 Å². The van der Waals surface area contributed by atoms with Crippen LogP contribution in [0.3, 0.4) is 0 Å². The lowest BCUT2D eigenvalue weighted by Crippen LogP contribution is -2.50. The van der Waals surface area contributed by atoms with Gasteiger partial charge in [0.05, 0.1) is 10.9 Å². The van der Waals surface area contributed by atoms with E-state index in [9.17, 15) is 4.79 Å². The fraction of sp³-hybridized carbons (Fsp3) is 0.722. The Kier molecular flexibility index (Phi) is 6.56. The summed E-state index contributed by atoms with van der Waals surface area (Å²) in [5, 5.41) is 3.23. The van der Waals surface area contributed by atoms with Crippen LogP contribution in [0.2, 0.25) is 4.34 Å². The zero-order valence-electron chi connectivity index (χ0n) is 14.5. The molecule has 1 amide bonds.